The van der Waals surface area contributed by atoms with Crippen molar-refractivity contribution in [1.29, 1.82) is 0 Å². The quantitative estimate of drug-likeness (QED) is 0.832. The maximum Gasteiger partial charge on any atom is 0.264 e. The molecule has 1 aromatic rings. The largest absolute Gasteiger partial charge is 0.382 e. The lowest BCUT2D eigenvalue weighted by Crippen LogP contribution is -2.47. The fourth-order valence-electron chi connectivity index (χ4n) is 1.68. The number of ether oxygens (including phenoxy) is 1. The van der Waals surface area contributed by atoms with Crippen LogP contribution in [0.3, 0.4) is 0 Å². The van der Waals surface area contributed by atoms with Crippen molar-refractivity contribution in [2.45, 2.75) is 24.3 Å². The second-order valence-corrected chi connectivity index (χ2v) is 7.51. The Labute approximate surface area is 125 Å². The summed E-state index contributed by atoms with van der Waals surface area (Å²) in [5.41, 5.74) is -1.61. The number of halogens is 3. The number of rotatable bonds is 5. The molecular formula is C12H14ClF2NO4S. The van der Waals surface area contributed by atoms with Crippen LogP contribution in [-0.4, -0.2) is 33.6 Å². The molecule has 0 fully saturated rings. The van der Waals surface area contributed by atoms with Crippen LogP contribution in [0.25, 0.3) is 0 Å². The molecule has 21 heavy (non-hydrogen) atoms. The fourth-order valence-corrected chi connectivity index (χ4v) is 2.59. The summed E-state index contributed by atoms with van der Waals surface area (Å²) in [5, 5.41) is 2.41. The van der Waals surface area contributed by atoms with Gasteiger partial charge in [0.15, 0.2) is 5.82 Å². The number of hydrogen-bond acceptors (Lipinski definition) is 4. The monoisotopic (exact) mass is 341 g/mol. The SMILES string of the molecule is COCC(C)(C)NC(=O)c1cc(F)cc(S(=O)(=O)Cl)c1F. The second-order valence-electron chi connectivity index (χ2n) is 4.97. The molecule has 1 rings (SSSR count). The molecule has 5 nitrogen and oxygen atoms in total. The van der Waals surface area contributed by atoms with Gasteiger partial charge >= 0.3 is 0 Å². The highest BCUT2D eigenvalue weighted by atomic mass is 35.7. The molecule has 0 spiro atoms. The summed E-state index contributed by atoms with van der Waals surface area (Å²) in [7, 11) is 1.91. The van der Waals surface area contributed by atoms with Crippen LogP contribution in [0.5, 0.6) is 0 Å². The van der Waals surface area contributed by atoms with E-state index in [0.29, 0.717) is 12.1 Å². The predicted molar refractivity (Wildman–Crippen MR) is 72.8 cm³/mol. The highest BCUT2D eigenvalue weighted by Gasteiger charge is 2.27. The molecule has 0 heterocycles. The van der Waals surface area contributed by atoms with Gasteiger partial charge in [0, 0.05) is 17.8 Å². The molecule has 9 heteroatoms. The van der Waals surface area contributed by atoms with Crippen LogP contribution in [-0.2, 0) is 13.8 Å². The van der Waals surface area contributed by atoms with Crippen LogP contribution in [0, 0.1) is 11.6 Å². The first-order chi connectivity index (χ1) is 9.48. The van der Waals surface area contributed by atoms with Crippen molar-refractivity contribution in [3.8, 4) is 0 Å². The molecule has 0 radical (unpaired) electrons. The minimum absolute atomic E-state index is 0.121. The van der Waals surface area contributed by atoms with E-state index >= 15 is 0 Å². The first kappa shape index (κ1) is 17.8. The number of hydrogen-bond donors (Lipinski definition) is 1. The summed E-state index contributed by atoms with van der Waals surface area (Å²) < 4.78 is 54.6. The third-order valence-corrected chi connectivity index (χ3v) is 3.79. The maximum absolute atomic E-state index is 14.0. The first-order valence-corrected chi connectivity index (χ1v) is 8.04. The third-order valence-electron chi connectivity index (χ3n) is 2.47. The highest BCUT2D eigenvalue weighted by molar-refractivity contribution is 8.13. The van der Waals surface area contributed by atoms with Crippen molar-refractivity contribution in [2.24, 2.45) is 0 Å². The summed E-state index contributed by atoms with van der Waals surface area (Å²) in [6, 6.07) is 1.01. The topological polar surface area (TPSA) is 72.5 Å². The Morgan fingerprint density at radius 1 is 1.38 bits per heavy atom. The summed E-state index contributed by atoms with van der Waals surface area (Å²) in [6.45, 7) is 3.33. The van der Waals surface area contributed by atoms with E-state index in [-0.39, 0.29) is 6.61 Å². The Hall–Kier alpha value is -1.25. The lowest BCUT2D eigenvalue weighted by molar-refractivity contribution is 0.0815. The van der Waals surface area contributed by atoms with Gasteiger partial charge in [-0.1, -0.05) is 0 Å². The molecule has 0 atom stereocenters. The van der Waals surface area contributed by atoms with Crippen LogP contribution in [0.4, 0.5) is 8.78 Å². The zero-order valence-electron chi connectivity index (χ0n) is 11.5. The lowest BCUT2D eigenvalue weighted by atomic mass is 10.1. The van der Waals surface area contributed by atoms with E-state index in [1.54, 1.807) is 13.8 Å². The Morgan fingerprint density at radius 3 is 2.43 bits per heavy atom. The Morgan fingerprint density at radius 2 is 1.95 bits per heavy atom. The number of amides is 1. The third kappa shape index (κ3) is 4.62. The molecule has 0 saturated heterocycles. The van der Waals surface area contributed by atoms with Gasteiger partial charge in [-0.05, 0) is 26.0 Å². The smallest absolute Gasteiger partial charge is 0.264 e. The maximum atomic E-state index is 14.0. The van der Waals surface area contributed by atoms with Gasteiger partial charge in [0.05, 0.1) is 17.7 Å². The fraction of sp³-hybridized carbons (Fsp3) is 0.417. The van der Waals surface area contributed by atoms with E-state index in [4.69, 9.17) is 15.4 Å². The normalized spacial score (nSPS) is 12.3. The summed E-state index contributed by atoms with van der Waals surface area (Å²) in [4.78, 5) is 10.9. The van der Waals surface area contributed by atoms with Crippen molar-refractivity contribution >= 4 is 25.6 Å². The van der Waals surface area contributed by atoms with E-state index in [9.17, 15) is 22.0 Å². The van der Waals surface area contributed by atoms with Gasteiger partial charge in [-0.3, -0.25) is 4.79 Å². The summed E-state index contributed by atoms with van der Waals surface area (Å²) >= 11 is 0. The van der Waals surface area contributed by atoms with Crippen molar-refractivity contribution < 1.29 is 26.7 Å². The molecule has 0 aromatic heterocycles. The van der Waals surface area contributed by atoms with Crippen molar-refractivity contribution in [3.63, 3.8) is 0 Å². The molecule has 0 aliphatic carbocycles. The lowest BCUT2D eigenvalue weighted by Gasteiger charge is -2.25. The highest BCUT2D eigenvalue weighted by Crippen LogP contribution is 2.23. The van der Waals surface area contributed by atoms with Gasteiger partial charge in [0.1, 0.15) is 10.7 Å². The minimum Gasteiger partial charge on any atom is -0.382 e. The Balaban J connectivity index is 3.26. The molecular weight excluding hydrogens is 328 g/mol. The average Bonchev–Trinajstić information content (AvgIpc) is 2.29. The van der Waals surface area contributed by atoms with E-state index in [1.807, 2.05) is 0 Å². The Kier molecular flexibility index (Phi) is 5.30. The van der Waals surface area contributed by atoms with Gasteiger partial charge in [0.25, 0.3) is 15.0 Å². The van der Waals surface area contributed by atoms with Crippen LogP contribution < -0.4 is 5.32 Å². The average molecular weight is 342 g/mol. The van der Waals surface area contributed by atoms with Gasteiger partial charge < -0.3 is 10.1 Å². The molecule has 118 valence electrons. The Bertz CT molecular complexity index is 661. The molecule has 0 bridgehead atoms. The number of carbonyl (C=O) groups is 1. The van der Waals surface area contributed by atoms with Gasteiger partial charge in [-0.25, -0.2) is 17.2 Å². The van der Waals surface area contributed by atoms with Crippen LogP contribution in [0.1, 0.15) is 24.2 Å². The number of benzene rings is 1. The van der Waals surface area contributed by atoms with Crippen LogP contribution in [0.15, 0.2) is 17.0 Å². The number of nitrogens with one attached hydrogen (secondary N) is 1. The summed E-state index contributed by atoms with van der Waals surface area (Å²) in [6.07, 6.45) is 0. The standard InChI is InChI=1S/C12H14ClF2NO4S/c1-12(2,6-20-3)16-11(17)8-4-7(14)5-9(10(8)15)21(13,18)19/h4-5H,6H2,1-3H3,(H,16,17). The molecule has 0 saturated carbocycles. The zero-order valence-corrected chi connectivity index (χ0v) is 13.1. The minimum atomic E-state index is -4.51. The van der Waals surface area contributed by atoms with Crippen LogP contribution >= 0.6 is 10.7 Å². The van der Waals surface area contributed by atoms with Crippen molar-refractivity contribution in [2.75, 3.05) is 13.7 Å². The molecule has 0 aliphatic rings. The predicted octanol–water partition coefficient (Wildman–Crippen LogP) is 2.05. The second kappa shape index (κ2) is 6.25. The molecule has 1 N–H and O–H groups in total. The number of methoxy groups -OCH3 is 1. The molecule has 0 unspecified atom stereocenters. The van der Waals surface area contributed by atoms with Gasteiger partial charge in [-0.15, -0.1) is 0 Å². The molecule has 1 amide bonds. The van der Waals surface area contributed by atoms with Gasteiger partial charge in [0.2, 0.25) is 0 Å². The number of carbonyl (C=O) groups excluding carboxylic acids is 1. The molecule has 0 aliphatic heterocycles. The van der Waals surface area contributed by atoms with Crippen LogP contribution in [0.2, 0.25) is 0 Å². The first-order valence-electron chi connectivity index (χ1n) is 5.73. The van der Waals surface area contributed by atoms with E-state index in [0.717, 1.165) is 0 Å². The van der Waals surface area contributed by atoms with Crippen molar-refractivity contribution in [1.82, 2.24) is 5.32 Å². The van der Waals surface area contributed by atoms with Gasteiger partial charge in [-0.2, -0.15) is 0 Å². The van der Waals surface area contributed by atoms with E-state index in [2.05, 4.69) is 5.32 Å². The summed E-state index contributed by atoms with van der Waals surface area (Å²) in [5.74, 6) is -3.47. The zero-order chi connectivity index (χ0) is 16.4. The van der Waals surface area contributed by atoms with E-state index < -0.39 is 42.6 Å². The van der Waals surface area contributed by atoms with Crippen molar-refractivity contribution in [3.05, 3.63) is 29.3 Å². The van der Waals surface area contributed by atoms with E-state index in [1.165, 1.54) is 7.11 Å². The molecule has 1 aromatic carbocycles.